The highest BCUT2D eigenvalue weighted by molar-refractivity contribution is 6.04. The molecule has 26 heavy (non-hydrogen) atoms. The fourth-order valence-electron chi connectivity index (χ4n) is 2.79. The van der Waals surface area contributed by atoms with Gasteiger partial charge in [-0.05, 0) is 31.2 Å². The maximum absolute atomic E-state index is 12.7. The Morgan fingerprint density at radius 2 is 1.77 bits per heavy atom. The number of benzene rings is 1. The summed E-state index contributed by atoms with van der Waals surface area (Å²) in [6, 6.07) is 11.9. The van der Waals surface area contributed by atoms with Crippen LogP contribution in [-0.2, 0) is 16.1 Å². The number of hydrogen-bond acceptors (Lipinski definition) is 4. The Morgan fingerprint density at radius 1 is 1.08 bits per heavy atom. The Balaban J connectivity index is 1.79. The van der Waals surface area contributed by atoms with E-state index < -0.39 is 5.56 Å². The first-order valence-corrected chi connectivity index (χ1v) is 8.48. The normalized spacial score (nSPS) is 14.1. The number of carbonyl (C=O) groups is 2. The molecule has 0 aliphatic carbocycles. The van der Waals surface area contributed by atoms with Gasteiger partial charge < -0.3 is 19.5 Å². The van der Waals surface area contributed by atoms with Crippen molar-refractivity contribution in [3.05, 3.63) is 64.1 Å². The molecule has 0 atom stereocenters. The third kappa shape index (κ3) is 4.00. The molecule has 0 saturated carbocycles. The fourth-order valence-corrected chi connectivity index (χ4v) is 2.79. The summed E-state index contributed by atoms with van der Waals surface area (Å²) in [5.74, 6) is -0.498. The van der Waals surface area contributed by atoms with Crippen LogP contribution in [0, 0.1) is 6.92 Å². The molecule has 1 aliphatic rings. The summed E-state index contributed by atoms with van der Waals surface area (Å²) in [5, 5.41) is 2.63. The minimum Gasteiger partial charge on any atom is -0.378 e. The number of pyridine rings is 1. The Morgan fingerprint density at radius 3 is 2.46 bits per heavy atom. The van der Waals surface area contributed by atoms with Gasteiger partial charge in [-0.15, -0.1) is 0 Å². The third-order valence-corrected chi connectivity index (χ3v) is 4.33. The second kappa shape index (κ2) is 7.97. The van der Waals surface area contributed by atoms with Gasteiger partial charge in [0.2, 0.25) is 5.91 Å². The molecule has 2 aromatic rings. The molecule has 2 heterocycles. The lowest BCUT2D eigenvalue weighted by Gasteiger charge is -2.27. The van der Waals surface area contributed by atoms with Gasteiger partial charge in [-0.25, -0.2) is 0 Å². The van der Waals surface area contributed by atoms with Crippen LogP contribution in [0.15, 0.2) is 47.3 Å². The topological polar surface area (TPSA) is 80.6 Å². The van der Waals surface area contributed by atoms with Crippen LogP contribution in [0.5, 0.6) is 0 Å². The zero-order chi connectivity index (χ0) is 18.5. The van der Waals surface area contributed by atoms with E-state index in [0.29, 0.717) is 37.6 Å². The monoisotopic (exact) mass is 355 g/mol. The highest BCUT2D eigenvalue weighted by Gasteiger charge is 2.19. The Labute approximate surface area is 151 Å². The number of aryl methyl sites for hydroxylation is 1. The smallest absolute Gasteiger partial charge is 0.274 e. The number of carbonyl (C=O) groups excluding carboxylic acids is 2. The van der Waals surface area contributed by atoms with Crippen molar-refractivity contribution in [1.82, 2.24) is 9.47 Å². The van der Waals surface area contributed by atoms with Gasteiger partial charge in [-0.2, -0.15) is 0 Å². The standard InChI is InChI=1S/C19H21N3O4/c1-14-7-8-16(20-18(24)15-5-3-2-4-6-15)19(25)22(14)13-17(23)21-9-11-26-12-10-21/h2-8H,9-13H2,1H3,(H,20,24). The predicted octanol–water partition coefficient (Wildman–Crippen LogP) is 1.27. The van der Waals surface area contributed by atoms with Gasteiger partial charge in [0.15, 0.2) is 0 Å². The Hall–Kier alpha value is -2.93. The van der Waals surface area contributed by atoms with Gasteiger partial charge in [0, 0.05) is 24.3 Å². The molecule has 1 saturated heterocycles. The number of ether oxygens (including phenoxy) is 1. The molecule has 0 radical (unpaired) electrons. The number of morpholine rings is 1. The molecular formula is C19H21N3O4. The van der Waals surface area contributed by atoms with Gasteiger partial charge in [-0.1, -0.05) is 18.2 Å². The number of amides is 2. The largest absolute Gasteiger partial charge is 0.378 e. The summed E-state index contributed by atoms with van der Waals surface area (Å²) in [4.78, 5) is 39.1. The van der Waals surface area contributed by atoms with Gasteiger partial charge in [0.1, 0.15) is 12.2 Å². The molecule has 2 amide bonds. The highest BCUT2D eigenvalue weighted by atomic mass is 16.5. The van der Waals surface area contributed by atoms with E-state index in [1.807, 2.05) is 6.07 Å². The average molecular weight is 355 g/mol. The van der Waals surface area contributed by atoms with E-state index in [-0.39, 0.29) is 24.0 Å². The number of nitrogens with one attached hydrogen (secondary N) is 1. The summed E-state index contributed by atoms with van der Waals surface area (Å²) in [7, 11) is 0. The summed E-state index contributed by atoms with van der Waals surface area (Å²) >= 11 is 0. The second-order valence-corrected chi connectivity index (χ2v) is 6.09. The van der Waals surface area contributed by atoms with Crippen molar-refractivity contribution in [2.75, 3.05) is 31.6 Å². The second-order valence-electron chi connectivity index (χ2n) is 6.09. The van der Waals surface area contributed by atoms with Crippen LogP contribution < -0.4 is 10.9 Å². The molecule has 0 unspecified atom stereocenters. The first-order valence-electron chi connectivity index (χ1n) is 8.48. The van der Waals surface area contributed by atoms with Crippen molar-refractivity contribution in [1.29, 1.82) is 0 Å². The van der Waals surface area contributed by atoms with Crippen molar-refractivity contribution in [2.45, 2.75) is 13.5 Å². The van der Waals surface area contributed by atoms with Gasteiger partial charge >= 0.3 is 0 Å². The summed E-state index contributed by atoms with van der Waals surface area (Å²) in [6.07, 6.45) is 0. The van der Waals surface area contributed by atoms with E-state index in [1.165, 1.54) is 4.57 Å². The molecule has 7 nitrogen and oxygen atoms in total. The summed E-state index contributed by atoms with van der Waals surface area (Å²) < 4.78 is 6.63. The number of nitrogens with zero attached hydrogens (tertiary/aromatic N) is 2. The molecule has 1 aromatic heterocycles. The molecule has 3 rings (SSSR count). The zero-order valence-corrected chi connectivity index (χ0v) is 14.6. The van der Waals surface area contributed by atoms with Gasteiger partial charge in [0.25, 0.3) is 11.5 Å². The van der Waals surface area contributed by atoms with E-state index in [1.54, 1.807) is 48.2 Å². The Kier molecular flexibility index (Phi) is 5.48. The molecule has 1 aromatic carbocycles. The molecular weight excluding hydrogens is 334 g/mol. The SMILES string of the molecule is Cc1ccc(NC(=O)c2ccccc2)c(=O)n1CC(=O)N1CCOCC1. The van der Waals surface area contributed by atoms with Crippen molar-refractivity contribution >= 4 is 17.5 Å². The molecule has 0 bridgehead atoms. The minimum absolute atomic E-state index is 0.0558. The lowest BCUT2D eigenvalue weighted by atomic mass is 10.2. The van der Waals surface area contributed by atoms with Crippen LogP contribution in [0.25, 0.3) is 0 Å². The van der Waals surface area contributed by atoms with Crippen molar-refractivity contribution in [2.24, 2.45) is 0 Å². The maximum Gasteiger partial charge on any atom is 0.274 e. The number of hydrogen-bond donors (Lipinski definition) is 1. The average Bonchev–Trinajstić information content (AvgIpc) is 2.68. The first kappa shape index (κ1) is 17.9. The van der Waals surface area contributed by atoms with Crippen molar-refractivity contribution < 1.29 is 14.3 Å². The van der Waals surface area contributed by atoms with Crippen LogP contribution in [0.2, 0.25) is 0 Å². The van der Waals surface area contributed by atoms with Gasteiger partial charge in [-0.3, -0.25) is 14.4 Å². The van der Waals surface area contributed by atoms with Crippen molar-refractivity contribution in [3.8, 4) is 0 Å². The Bertz CT molecular complexity index is 855. The lowest BCUT2D eigenvalue weighted by Crippen LogP contribution is -2.43. The number of aromatic nitrogens is 1. The third-order valence-electron chi connectivity index (χ3n) is 4.33. The first-order chi connectivity index (χ1) is 12.6. The fraction of sp³-hybridized carbons (Fsp3) is 0.316. The van der Waals surface area contributed by atoms with Crippen LogP contribution in [-0.4, -0.2) is 47.6 Å². The van der Waals surface area contributed by atoms with E-state index in [4.69, 9.17) is 4.74 Å². The molecule has 136 valence electrons. The predicted molar refractivity (Wildman–Crippen MR) is 97.2 cm³/mol. The molecule has 0 spiro atoms. The molecule has 1 N–H and O–H groups in total. The van der Waals surface area contributed by atoms with Crippen molar-refractivity contribution in [3.63, 3.8) is 0 Å². The molecule has 1 fully saturated rings. The quantitative estimate of drug-likeness (QED) is 0.896. The number of rotatable bonds is 4. The molecule has 7 heteroatoms. The lowest BCUT2D eigenvalue weighted by molar-refractivity contribution is -0.135. The van der Waals surface area contributed by atoms with Crippen LogP contribution in [0.1, 0.15) is 16.1 Å². The van der Waals surface area contributed by atoms with E-state index in [0.717, 1.165) is 0 Å². The van der Waals surface area contributed by atoms with E-state index in [2.05, 4.69) is 5.32 Å². The number of anilines is 1. The zero-order valence-electron chi connectivity index (χ0n) is 14.6. The van der Waals surface area contributed by atoms with Gasteiger partial charge in [0.05, 0.1) is 13.2 Å². The van der Waals surface area contributed by atoms with Crippen LogP contribution >= 0.6 is 0 Å². The summed E-state index contributed by atoms with van der Waals surface area (Å²) in [5.41, 5.74) is 0.882. The van der Waals surface area contributed by atoms with E-state index in [9.17, 15) is 14.4 Å². The highest BCUT2D eigenvalue weighted by Crippen LogP contribution is 2.08. The molecule has 1 aliphatic heterocycles. The summed E-state index contributed by atoms with van der Waals surface area (Å²) in [6.45, 7) is 3.77. The minimum atomic E-state index is -0.393. The van der Waals surface area contributed by atoms with Crippen LogP contribution in [0.4, 0.5) is 5.69 Å². The van der Waals surface area contributed by atoms with Crippen LogP contribution in [0.3, 0.4) is 0 Å². The maximum atomic E-state index is 12.7. The van der Waals surface area contributed by atoms with E-state index >= 15 is 0 Å².